The highest BCUT2D eigenvalue weighted by Gasteiger charge is 2.03. The van der Waals surface area contributed by atoms with Crippen LogP contribution in [0.5, 0.6) is 5.75 Å². The van der Waals surface area contributed by atoms with Gasteiger partial charge in [0.1, 0.15) is 6.61 Å². The van der Waals surface area contributed by atoms with Crippen LogP contribution in [0.1, 0.15) is 44.6 Å². The topological polar surface area (TPSA) is 29.5 Å². The van der Waals surface area contributed by atoms with E-state index in [0.717, 1.165) is 12.8 Å². The van der Waals surface area contributed by atoms with Crippen molar-refractivity contribution < 1.29 is 14.2 Å². The minimum atomic E-state index is -0.372. The molecule has 3 heteroatoms. The normalized spacial score (nSPS) is 9.84. The van der Waals surface area contributed by atoms with Crippen molar-refractivity contribution in [1.82, 2.24) is 0 Å². The molecule has 0 unspecified atom stereocenters. The van der Waals surface area contributed by atoms with E-state index in [0.29, 0.717) is 12.2 Å². The average Bonchev–Trinajstić information content (AvgIpc) is 2.43. The number of ether oxygens (including phenoxy) is 1. The van der Waals surface area contributed by atoms with Crippen molar-refractivity contribution in [3.8, 4) is 17.6 Å². The van der Waals surface area contributed by atoms with Crippen LogP contribution in [0.4, 0.5) is 4.39 Å². The van der Waals surface area contributed by atoms with Crippen LogP contribution in [0.2, 0.25) is 0 Å². The van der Waals surface area contributed by atoms with Gasteiger partial charge in [-0.3, -0.25) is 0 Å². The number of aliphatic hydroxyl groups is 1. The number of rotatable bonds is 7. The molecule has 2 nitrogen and oxygen atoms in total. The SMILES string of the molecule is CCCCCCCOc1cc(C#CCO)ccc1F. The molecular formula is C16H21FO2. The molecule has 0 heterocycles. The smallest absolute Gasteiger partial charge is 0.165 e. The number of halogens is 1. The maximum Gasteiger partial charge on any atom is 0.165 e. The first kappa shape index (κ1) is 15.5. The zero-order chi connectivity index (χ0) is 13.9. The maximum absolute atomic E-state index is 13.5. The molecule has 0 saturated carbocycles. The Hall–Kier alpha value is -1.53. The Morgan fingerprint density at radius 1 is 1.21 bits per heavy atom. The molecule has 0 aliphatic rings. The summed E-state index contributed by atoms with van der Waals surface area (Å²) in [5.41, 5.74) is 0.649. The lowest BCUT2D eigenvalue weighted by Crippen LogP contribution is -1.99. The van der Waals surface area contributed by atoms with E-state index in [1.165, 1.54) is 25.3 Å². The third-order valence-electron chi connectivity index (χ3n) is 2.75. The monoisotopic (exact) mass is 264 g/mol. The Morgan fingerprint density at radius 2 is 2.00 bits per heavy atom. The molecule has 0 spiro atoms. The van der Waals surface area contributed by atoms with E-state index >= 15 is 0 Å². The summed E-state index contributed by atoms with van der Waals surface area (Å²) in [5.74, 6) is 5.13. The second-order valence-corrected chi connectivity index (χ2v) is 4.37. The second kappa shape index (κ2) is 9.41. The Morgan fingerprint density at radius 3 is 2.74 bits per heavy atom. The highest BCUT2D eigenvalue weighted by molar-refractivity contribution is 5.40. The molecule has 1 aromatic rings. The molecule has 1 N–H and O–H groups in total. The largest absolute Gasteiger partial charge is 0.490 e. The first-order chi connectivity index (χ1) is 9.27. The molecule has 0 fully saturated rings. The van der Waals surface area contributed by atoms with Crippen molar-refractivity contribution >= 4 is 0 Å². The van der Waals surface area contributed by atoms with Gasteiger partial charge in [0.25, 0.3) is 0 Å². The van der Waals surface area contributed by atoms with Gasteiger partial charge in [0.2, 0.25) is 0 Å². The van der Waals surface area contributed by atoms with Crippen LogP contribution >= 0.6 is 0 Å². The summed E-state index contributed by atoms with van der Waals surface area (Å²) in [5, 5.41) is 8.62. The molecule has 0 aromatic heterocycles. The summed E-state index contributed by atoms with van der Waals surface area (Å²) in [6.07, 6.45) is 5.69. The number of hydrogen-bond acceptors (Lipinski definition) is 2. The summed E-state index contributed by atoms with van der Waals surface area (Å²) in [6.45, 7) is 2.49. The van der Waals surface area contributed by atoms with E-state index in [9.17, 15) is 4.39 Å². The van der Waals surface area contributed by atoms with Crippen molar-refractivity contribution in [3.63, 3.8) is 0 Å². The number of hydrogen-bond donors (Lipinski definition) is 1. The molecule has 1 aromatic carbocycles. The molecule has 0 amide bonds. The Kier molecular flexibility index (Phi) is 7.69. The minimum absolute atomic E-state index is 0.203. The van der Waals surface area contributed by atoms with Crippen molar-refractivity contribution in [2.75, 3.05) is 13.2 Å². The maximum atomic E-state index is 13.5. The summed E-state index contributed by atoms with van der Waals surface area (Å²) < 4.78 is 18.9. The van der Waals surface area contributed by atoms with E-state index in [4.69, 9.17) is 9.84 Å². The van der Waals surface area contributed by atoms with Gasteiger partial charge < -0.3 is 9.84 Å². The highest BCUT2D eigenvalue weighted by Crippen LogP contribution is 2.19. The van der Waals surface area contributed by atoms with E-state index in [1.54, 1.807) is 12.1 Å². The standard InChI is InChI=1S/C16H21FO2/c1-2-3-4-5-6-12-19-16-13-14(8-7-11-18)9-10-15(16)17/h9-10,13,18H,2-6,11-12H2,1H3. The number of benzene rings is 1. The first-order valence-electron chi connectivity index (χ1n) is 6.80. The van der Waals surface area contributed by atoms with Crippen molar-refractivity contribution in [2.45, 2.75) is 39.0 Å². The second-order valence-electron chi connectivity index (χ2n) is 4.37. The van der Waals surface area contributed by atoms with Crippen LogP contribution in [-0.4, -0.2) is 18.3 Å². The lowest BCUT2D eigenvalue weighted by molar-refractivity contribution is 0.290. The predicted molar refractivity (Wildman–Crippen MR) is 74.6 cm³/mol. The summed E-state index contributed by atoms with van der Waals surface area (Å²) in [4.78, 5) is 0. The first-order valence-corrected chi connectivity index (χ1v) is 6.80. The fourth-order valence-corrected chi connectivity index (χ4v) is 1.72. The molecule has 0 aliphatic heterocycles. The zero-order valence-electron chi connectivity index (χ0n) is 11.4. The molecule has 1 rings (SSSR count). The van der Waals surface area contributed by atoms with Crippen LogP contribution in [0.25, 0.3) is 0 Å². The zero-order valence-corrected chi connectivity index (χ0v) is 11.4. The summed E-state index contributed by atoms with van der Waals surface area (Å²) in [7, 11) is 0. The van der Waals surface area contributed by atoms with Crippen LogP contribution in [-0.2, 0) is 0 Å². The fourth-order valence-electron chi connectivity index (χ4n) is 1.72. The third kappa shape index (κ3) is 6.26. The van der Waals surface area contributed by atoms with Gasteiger partial charge in [-0.1, -0.05) is 44.4 Å². The quantitative estimate of drug-likeness (QED) is 0.603. The van der Waals surface area contributed by atoms with Crippen LogP contribution in [0.15, 0.2) is 18.2 Å². The van der Waals surface area contributed by atoms with Crippen LogP contribution < -0.4 is 4.74 Å². The Bertz CT molecular complexity index is 432. The van der Waals surface area contributed by atoms with E-state index in [-0.39, 0.29) is 18.2 Å². The Balaban J connectivity index is 2.43. The van der Waals surface area contributed by atoms with Gasteiger partial charge >= 0.3 is 0 Å². The number of unbranched alkanes of at least 4 members (excludes halogenated alkanes) is 4. The van der Waals surface area contributed by atoms with Gasteiger partial charge in [-0.05, 0) is 24.6 Å². The van der Waals surface area contributed by atoms with E-state index in [2.05, 4.69) is 18.8 Å². The van der Waals surface area contributed by atoms with Gasteiger partial charge in [-0.15, -0.1) is 0 Å². The molecule has 0 atom stereocenters. The van der Waals surface area contributed by atoms with Crippen molar-refractivity contribution in [3.05, 3.63) is 29.6 Å². The lowest BCUT2D eigenvalue weighted by atomic mass is 10.2. The Labute approximate surface area is 114 Å². The van der Waals surface area contributed by atoms with Crippen molar-refractivity contribution in [2.24, 2.45) is 0 Å². The molecule has 19 heavy (non-hydrogen) atoms. The summed E-state index contributed by atoms with van der Waals surface area (Å²) in [6, 6.07) is 4.49. The highest BCUT2D eigenvalue weighted by atomic mass is 19.1. The van der Waals surface area contributed by atoms with Gasteiger partial charge in [0.05, 0.1) is 6.61 Å². The van der Waals surface area contributed by atoms with Crippen molar-refractivity contribution in [1.29, 1.82) is 0 Å². The van der Waals surface area contributed by atoms with Gasteiger partial charge in [0, 0.05) is 5.56 Å². The number of aliphatic hydroxyl groups excluding tert-OH is 1. The molecular weight excluding hydrogens is 243 g/mol. The van der Waals surface area contributed by atoms with E-state index < -0.39 is 0 Å². The minimum Gasteiger partial charge on any atom is -0.490 e. The van der Waals surface area contributed by atoms with Crippen LogP contribution in [0, 0.1) is 17.7 Å². The molecule has 104 valence electrons. The molecule has 0 aliphatic carbocycles. The predicted octanol–water partition coefficient (Wildman–Crippen LogP) is 3.52. The van der Waals surface area contributed by atoms with Crippen LogP contribution in [0.3, 0.4) is 0 Å². The average molecular weight is 264 g/mol. The van der Waals surface area contributed by atoms with Gasteiger partial charge in [-0.2, -0.15) is 0 Å². The summed E-state index contributed by atoms with van der Waals surface area (Å²) >= 11 is 0. The van der Waals surface area contributed by atoms with Gasteiger partial charge in [0.15, 0.2) is 11.6 Å². The van der Waals surface area contributed by atoms with E-state index in [1.807, 2.05) is 0 Å². The molecule has 0 radical (unpaired) electrons. The molecule has 0 bridgehead atoms. The fraction of sp³-hybridized carbons (Fsp3) is 0.500. The lowest BCUT2D eigenvalue weighted by Gasteiger charge is -2.07. The molecule has 0 saturated heterocycles. The van der Waals surface area contributed by atoms with Gasteiger partial charge in [-0.25, -0.2) is 4.39 Å². The third-order valence-corrected chi connectivity index (χ3v) is 2.75.